The molecule has 0 aliphatic carbocycles. The molecule has 0 spiro atoms. The highest BCUT2D eigenvalue weighted by Gasteiger charge is 2.23. The molecule has 0 radical (unpaired) electrons. The minimum atomic E-state index is -0.288. The average Bonchev–Trinajstić information content (AvgIpc) is 3.22. The highest BCUT2D eigenvalue weighted by Crippen LogP contribution is 2.39. The minimum absolute atomic E-state index is 0.288. The fraction of sp³-hybridized carbons (Fsp3) is 0.238. The van der Waals surface area contributed by atoms with Crippen LogP contribution in [0.15, 0.2) is 52.9 Å². The van der Waals surface area contributed by atoms with Gasteiger partial charge < -0.3 is 4.74 Å². The van der Waals surface area contributed by atoms with E-state index in [0.29, 0.717) is 11.5 Å². The van der Waals surface area contributed by atoms with Gasteiger partial charge in [0.2, 0.25) is 0 Å². The van der Waals surface area contributed by atoms with E-state index in [1.165, 1.54) is 16.9 Å². The van der Waals surface area contributed by atoms with Gasteiger partial charge in [0.25, 0.3) is 0 Å². The molecule has 138 valence electrons. The lowest BCUT2D eigenvalue weighted by molar-refractivity contribution is 0.0534. The number of hydrogen-bond donors (Lipinski definition) is 0. The van der Waals surface area contributed by atoms with Crippen LogP contribution in [0.2, 0.25) is 0 Å². The van der Waals surface area contributed by atoms with E-state index in [1.54, 1.807) is 11.8 Å². The second-order valence-corrected chi connectivity index (χ2v) is 8.60. The Kier molecular flexibility index (Phi) is 5.18. The fourth-order valence-electron chi connectivity index (χ4n) is 3.09. The Hall–Kier alpha value is -2.31. The number of ether oxygens (including phenoxy) is 1. The Morgan fingerprint density at radius 1 is 1.22 bits per heavy atom. The molecule has 0 aliphatic rings. The molecule has 0 N–H and O–H groups in total. The maximum atomic E-state index is 12.5. The third-order valence-electron chi connectivity index (χ3n) is 4.38. The molecule has 1 aromatic carbocycles. The zero-order valence-corrected chi connectivity index (χ0v) is 16.9. The molecule has 0 atom stereocenters. The van der Waals surface area contributed by atoms with Crippen LogP contribution in [0.25, 0.3) is 16.7 Å². The summed E-state index contributed by atoms with van der Waals surface area (Å²) in [5, 5.41) is 0. The molecule has 0 saturated carbocycles. The van der Waals surface area contributed by atoms with E-state index < -0.39 is 0 Å². The van der Waals surface area contributed by atoms with Crippen molar-refractivity contribution in [1.82, 2.24) is 9.38 Å². The molecule has 27 heavy (non-hydrogen) atoms. The van der Waals surface area contributed by atoms with Crippen LogP contribution in [0, 0.1) is 6.92 Å². The predicted molar refractivity (Wildman–Crippen MR) is 112 cm³/mol. The molecular weight excluding hydrogens is 376 g/mol. The first-order chi connectivity index (χ1) is 13.2. The first kappa shape index (κ1) is 18.1. The van der Waals surface area contributed by atoms with Crippen molar-refractivity contribution in [2.45, 2.75) is 24.5 Å². The van der Waals surface area contributed by atoms with Crippen LogP contribution in [-0.4, -0.2) is 27.7 Å². The minimum Gasteiger partial charge on any atom is -0.462 e. The van der Waals surface area contributed by atoms with Crippen LogP contribution in [0.3, 0.4) is 0 Å². The molecule has 0 bridgehead atoms. The van der Waals surface area contributed by atoms with E-state index in [0.717, 1.165) is 38.6 Å². The fourth-order valence-corrected chi connectivity index (χ4v) is 5.53. The van der Waals surface area contributed by atoms with E-state index in [9.17, 15) is 4.79 Å². The zero-order chi connectivity index (χ0) is 18.8. The van der Waals surface area contributed by atoms with Gasteiger partial charge in [-0.1, -0.05) is 36.4 Å². The Labute approximate surface area is 166 Å². The number of thioether (sulfide) groups is 1. The van der Waals surface area contributed by atoms with E-state index >= 15 is 0 Å². The number of hydrogen-bond acceptors (Lipinski definition) is 5. The lowest BCUT2D eigenvalue weighted by Gasteiger charge is -2.02. The van der Waals surface area contributed by atoms with Crippen molar-refractivity contribution in [2.24, 2.45) is 0 Å². The number of benzene rings is 1. The Morgan fingerprint density at radius 2 is 2.04 bits per heavy atom. The number of esters is 1. The quantitative estimate of drug-likeness (QED) is 0.325. The summed E-state index contributed by atoms with van der Waals surface area (Å²) < 4.78 is 8.47. The number of carbonyl (C=O) groups is 1. The number of fused-ring (bicyclic) bond motifs is 3. The van der Waals surface area contributed by atoms with Crippen molar-refractivity contribution in [3.8, 4) is 0 Å². The van der Waals surface area contributed by atoms with Crippen molar-refractivity contribution in [3.05, 3.63) is 64.7 Å². The molecule has 0 aliphatic heterocycles. The SMILES string of the molecule is CCOC(=O)c1sc(SCCc2ccccc2)c2c1nc1c(C)cccn12. The van der Waals surface area contributed by atoms with Gasteiger partial charge in [0.1, 0.15) is 16.0 Å². The van der Waals surface area contributed by atoms with E-state index in [-0.39, 0.29) is 5.97 Å². The maximum Gasteiger partial charge on any atom is 0.350 e. The third-order valence-corrected chi connectivity index (χ3v) is 6.79. The van der Waals surface area contributed by atoms with Crippen molar-refractivity contribution >= 4 is 45.7 Å². The molecule has 3 heterocycles. The van der Waals surface area contributed by atoms with Gasteiger partial charge in [-0.2, -0.15) is 0 Å². The summed E-state index contributed by atoms with van der Waals surface area (Å²) >= 11 is 3.26. The van der Waals surface area contributed by atoms with Gasteiger partial charge in [0, 0.05) is 11.9 Å². The van der Waals surface area contributed by atoms with Gasteiger partial charge in [-0.3, -0.25) is 4.40 Å². The van der Waals surface area contributed by atoms with Gasteiger partial charge in [0.05, 0.1) is 16.3 Å². The predicted octanol–water partition coefficient (Wildman–Crippen LogP) is 5.37. The number of aryl methyl sites for hydroxylation is 2. The van der Waals surface area contributed by atoms with Gasteiger partial charge in [-0.25, -0.2) is 9.78 Å². The summed E-state index contributed by atoms with van der Waals surface area (Å²) in [6.45, 7) is 4.23. The summed E-state index contributed by atoms with van der Waals surface area (Å²) in [4.78, 5) is 17.8. The number of carbonyl (C=O) groups excluding carboxylic acids is 1. The lowest BCUT2D eigenvalue weighted by Crippen LogP contribution is -2.02. The van der Waals surface area contributed by atoms with E-state index in [1.807, 2.05) is 38.2 Å². The van der Waals surface area contributed by atoms with Gasteiger partial charge in [0.15, 0.2) is 0 Å². The number of aromatic nitrogens is 2. The second kappa shape index (κ2) is 7.74. The van der Waals surface area contributed by atoms with Crippen molar-refractivity contribution in [3.63, 3.8) is 0 Å². The smallest absolute Gasteiger partial charge is 0.350 e. The molecule has 4 aromatic rings. The topological polar surface area (TPSA) is 43.6 Å². The summed E-state index contributed by atoms with van der Waals surface area (Å²) in [6, 6.07) is 14.5. The summed E-state index contributed by atoms with van der Waals surface area (Å²) in [6.07, 6.45) is 3.00. The Morgan fingerprint density at radius 3 is 2.81 bits per heavy atom. The van der Waals surface area contributed by atoms with Crippen LogP contribution in [0.5, 0.6) is 0 Å². The third kappa shape index (κ3) is 3.47. The largest absolute Gasteiger partial charge is 0.462 e. The summed E-state index contributed by atoms with van der Waals surface area (Å²) in [5.74, 6) is 0.657. The molecule has 0 saturated heterocycles. The van der Waals surface area contributed by atoms with Crippen LogP contribution >= 0.6 is 23.1 Å². The number of rotatable bonds is 6. The average molecular weight is 397 g/mol. The number of nitrogens with zero attached hydrogens (tertiary/aromatic N) is 2. The summed E-state index contributed by atoms with van der Waals surface area (Å²) in [7, 11) is 0. The second-order valence-electron chi connectivity index (χ2n) is 6.22. The normalized spacial score (nSPS) is 11.3. The molecule has 6 heteroatoms. The van der Waals surface area contributed by atoms with E-state index in [4.69, 9.17) is 9.72 Å². The molecule has 0 amide bonds. The Balaban J connectivity index is 1.73. The molecule has 0 unspecified atom stereocenters. The Bertz CT molecular complexity index is 1100. The lowest BCUT2D eigenvalue weighted by atomic mass is 10.2. The number of pyridine rings is 1. The molecule has 4 rings (SSSR count). The monoisotopic (exact) mass is 396 g/mol. The van der Waals surface area contributed by atoms with Crippen molar-refractivity contribution in [1.29, 1.82) is 0 Å². The molecule has 4 nitrogen and oxygen atoms in total. The van der Waals surface area contributed by atoms with Crippen LogP contribution in [0.1, 0.15) is 27.7 Å². The zero-order valence-electron chi connectivity index (χ0n) is 15.3. The highest BCUT2D eigenvalue weighted by molar-refractivity contribution is 8.01. The van der Waals surface area contributed by atoms with E-state index in [2.05, 4.69) is 28.7 Å². The van der Waals surface area contributed by atoms with Gasteiger partial charge in [-0.05, 0) is 37.5 Å². The van der Waals surface area contributed by atoms with Crippen LogP contribution < -0.4 is 0 Å². The van der Waals surface area contributed by atoms with Crippen LogP contribution in [0.4, 0.5) is 0 Å². The standard InChI is InChI=1S/C21H20N2O2S2/c1-3-25-20(24)18-16-17(23-12-7-8-14(2)19(23)22-16)21(27-18)26-13-11-15-9-5-4-6-10-15/h4-10,12H,3,11,13H2,1-2H3. The highest BCUT2D eigenvalue weighted by atomic mass is 32.2. The number of thiophene rings is 1. The summed E-state index contributed by atoms with van der Waals surface area (Å²) in [5.41, 5.74) is 5.06. The molecule has 3 aromatic heterocycles. The first-order valence-corrected chi connectivity index (χ1v) is 10.7. The first-order valence-electron chi connectivity index (χ1n) is 8.93. The maximum absolute atomic E-state index is 12.5. The van der Waals surface area contributed by atoms with Crippen LogP contribution in [-0.2, 0) is 11.2 Å². The number of imidazole rings is 1. The van der Waals surface area contributed by atoms with Gasteiger partial charge in [-0.15, -0.1) is 23.1 Å². The molecular formula is C21H20N2O2S2. The van der Waals surface area contributed by atoms with Crippen molar-refractivity contribution in [2.75, 3.05) is 12.4 Å². The van der Waals surface area contributed by atoms with Gasteiger partial charge >= 0.3 is 5.97 Å². The molecule has 0 fully saturated rings. The van der Waals surface area contributed by atoms with Crippen molar-refractivity contribution < 1.29 is 9.53 Å².